The van der Waals surface area contributed by atoms with Crippen molar-refractivity contribution >= 4 is 17.3 Å². The smallest absolute Gasteiger partial charge is 0.169 e. The highest BCUT2D eigenvalue weighted by Gasteiger charge is 2.17. The third-order valence-corrected chi connectivity index (χ3v) is 3.82. The number of hydrogen-bond donors (Lipinski definition) is 1. The second kappa shape index (κ2) is 8.70. The van der Waals surface area contributed by atoms with Crippen LogP contribution >= 0.6 is 12.2 Å². The molecule has 1 fully saturated rings. The molecule has 1 N–H and O–H groups in total. The zero-order valence-electron chi connectivity index (χ0n) is 11.2. The molecule has 1 unspecified atom stereocenters. The Hall–Kier alpha value is -0.350. The molecular formula is C13H26N2OS. The van der Waals surface area contributed by atoms with Gasteiger partial charge in [0.15, 0.2) is 5.11 Å². The summed E-state index contributed by atoms with van der Waals surface area (Å²) in [5.41, 5.74) is 0. The molecule has 1 heterocycles. The van der Waals surface area contributed by atoms with Crippen LogP contribution in [0.4, 0.5) is 0 Å². The Labute approximate surface area is 111 Å². The largest absolute Gasteiger partial charge is 0.383 e. The Bertz CT molecular complexity index is 223. The zero-order valence-corrected chi connectivity index (χ0v) is 12.0. The fourth-order valence-electron chi connectivity index (χ4n) is 2.44. The summed E-state index contributed by atoms with van der Waals surface area (Å²) in [6.45, 7) is 6.03. The molecule has 0 aromatic rings. The van der Waals surface area contributed by atoms with Gasteiger partial charge < -0.3 is 15.0 Å². The molecule has 0 aromatic heterocycles. The highest BCUT2D eigenvalue weighted by Crippen LogP contribution is 2.21. The summed E-state index contributed by atoms with van der Waals surface area (Å²) in [4.78, 5) is 2.32. The maximum atomic E-state index is 5.41. The minimum atomic E-state index is 0.715. The van der Waals surface area contributed by atoms with Crippen molar-refractivity contribution in [3.63, 3.8) is 0 Å². The molecule has 1 rings (SSSR count). The summed E-state index contributed by atoms with van der Waals surface area (Å²) in [6.07, 6.45) is 6.61. The Kier molecular flexibility index (Phi) is 7.53. The van der Waals surface area contributed by atoms with E-state index in [2.05, 4.69) is 17.1 Å². The van der Waals surface area contributed by atoms with E-state index in [1.165, 1.54) is 32.1 Å². The van der Waals surface area contributed by atoms with Crippen LogP contribution in [-0.4, -0.2) is 43.4 Å². The second-order valence-corrected chi connectivity index (χ2v) is 5.18. The SMILES string of the molecule is CCCC1CCCN(C(=S)NCCOC)CC1. The molecule has 0 bridgehead atoms. The van der Waals surface area contributed by atoms with Gasteiger partial charge in [-0.15, -0.1) is 0 Å². The van der Waals surface area contributed by atoms with Crippen molar-refractivity contribution in [1.82, 2.24) is 10.2 Å². The predicted octanol–water partition coefficient (Wildman–Crippen LogP) is 2.41. The van der Waals surface area contributed by atoms with E-state index in [0.717, 1.165) is 30.7 Å². The summed E-state index contributed by atoms with van der Waals surface area (Å²) in [5, 5.41) is 4.16. The van der Waals surface area contributed by atoms with Crippen molar-refractivity contribution in [2.24, 2.45) is 5.92 Å². The molecule has 1 aliphatic heterocycles. The van der Waals surface area contributed by atoms with E-state index in [4.69, 9.17) is 17.0 Å². The standard InChI is InChI=1S/C13H26N2OS/c1-3-5-12-6-4-9-15(10-7-12)13(17)14-8-11-16-2/h12H,3-11H2,1-2H3,(H,14,17). The first kappa shape index (κ1) is 14.7. The number of hydrogen-bond acceptors (Lipinski definition) is 2. The monoisotopic (exact) mass is 258 g/mol. The van der Waals surface area contributed by atoms with E-state index in [1.54, 1.807) is 7.11 Å². The van der Waals surface area contributed by atoms with E-state index in [0.29, 0.717) is 6.61 Å². The fourth-order valence-corrected chi connectivity index (χ4v) is 2.72. The van der Waals surface area contributed by atoms with Gasteiger partial charge in [0, 0.05) is 26.7 Å². The first-order valence-corrected chi connectivity index (χ1v) is 7.20. The Morgan fingerprint density at radius 3 is 2.94 bits per heavy atom. The maximum absolute atomic E-state index is 5.41. The van der Waals surface area contributed by atoms with Crippen molar-refractivity contribution in [3.05, 3.63) is 0 Å². The van der Waals surface area contributed by atoms with E-state index >= 15 is 0 Å². The fraction of sp³-hybridized carbons (Fsp3) is 0.923. The molecule has 17 heavy (non-hydrogen) atoms. The molecule has 0 spiro atoms. The van der Waals surface area contributed by atoms with Crippen molar-refractivity contribution in [1.29, 1.82) is 0 Å². The topological polar surface area (TPSA) is 24.5 Å². The Balaban J connectivity index is 2.27. The lowest BCUT2D eigenvalue weighted by atomic mass is 9.96. The normalized spacial score (nSPS) is 21.1. The van der Waals surface area contributed by atoms with Crippen LogP contribution in [0.15, 0.2) is 0 Å². The van der Waals surface area contributed by atoms with Crippen LogP contribution < -0.4 is 5.32 Å². The molecule has 0 saturated carbocycles. The molecule has 0 radical (unpaired) electrons. The summed E-state index contributed by atoms with van der Waals surface area (Å²) < 4.78 is 5.01. The van der Waals surface area contributed by atoms with Crippen LogP contribution in [0, 0.1) is 5.92 Å². The molecule has 0 amide bonds. The minimum absolute atomic E-state index is 0.715. The number of ether oxygens (including phenoxy) is 1. The van der Waals surface area contributed by atoms with E-state index in [9.17, 15) is 0 Å². The third kappa shape index (κ3) is 5.68. The van der Waals surface area contributed by atoms with Gasteiger partial charge in [0.25, 0.3) is 0 Å². The van der Waals surface area contributed by atoms with Gasteiger partial charge in [0.2, 0.25) is 0 Å². The summed E-state index contributed by atoms with van der Waals surface area (Å²) in [7, 11) is 1.71. The van der Waals surface area contributed by atoms with Crippen LogP contribution in [0.25, 0.3) is 0 Å². The van der Waals surface area contributed by atoms with Crippen LogP contribution in [0.1, 0.15) is 39.0 Å². The Morgan fingerprint density at radius 2 is 2.24 bits per heavy atom. The van der Waals surface area contributed by atoms with Gasteiger partial charge in [0.1, 0.15) is 0 Å². The predicted molar refractivity (Wildman–Crippen MR) is 76.3 cm³/mol. The summed E-state index contributed by atoms with van der Waals surface area (Å²) in [6, 6.07) is 0. The van der Waals surface area contributed by atoms with Gasteiger partial charge in [-0.1, -0.05) is 19.8 Å². The molecule has 3 nitrogen and oxygen atoms in total. The number of nitrogens with zero attached hydrogens (tertiary/aromatic N) is 1. The molecule has 1 aliphatic rings. The maximum Gasteiger partial charge on any atom is 0.169 e. The van der Waals surface area contributed by atoms with E-state index < -0.39 is 0 Å². The molecule has 4 heteroatoms. The first-order chi connectivity index (χ1) is 8.27. The van der Waals surface area contributed by atoms with Gasteiger partial charge in [-0.2, -0.15) is 0 Å². The second-order valence-electron chi connectivity index (χ2n) is 4.80. The van der Waals surface area contributed by atoms with E-state index in [1.807, 2.05) is 0 Å². The highest BCUT2D eigenvalue weighted by atomic mass is 32.1. The van der Waals surface area contributed by atoms with Crippen molar-refractivity contribution in [3.8, 4) is 0 Å². The summed E-state index contributed by atoms with van der Waals surface area (Å²) >= 11 is 5.41. The molecule has 1 saturated heterocycles. The van der Waals surface area contributed by atoms with Crippen LogP contribution in [-0.2, 0) is 4.74 Å². The Morgan fingerprint density at radius 1 is 1.41 bits per heavy atom. The average molecular weight is 258 g/mol. The van der Waals surface area contributed by atoms with Gasteiger partial charge in [-0.25, -0.2) is 0 Å². The number of likely N-dealkylation sites (tertiary alicyclic amines) is 1. The lowest BCUT2D eigenvalue weighted by Gasteiger charge is -2.24. The van der Waals surface area contributed by atoms with Crippen LogP contribution in [0.5, 0.6) is 0 Å². The molecule has 100 valence electrons. The van der Waals surface area contributed by atoms with Crippen LogP contribution in [0.2, 0.25) is 0 Å². The lowest BCUT2D eigenvalue weighted by Crippen LogP contribution is -2.41. The van der Waals surface area contributed by atoms with Crippen molar-refractivity contribution in [2.45, 2.75) is 39.0 Å². The number of rotatable bonds is 5. The molecule has 0 aliphatic carbocycles. The lowest BCUT2D eigenvalue weighted by molar-refractivity contribution is 0.203. The van der Waals surface area contributed by atoms with Gasteiger partial charge in [0.05, 0.1) is 6.61 Å². The van der Waals surface area contributed by atoms with Crippen molar-refractivity contribution in [2.75, 3.05) is 33.4 Å². The number of methoxy groups -OCH3 is 1. The quantitative estimate of drug-likeness (QED) is 0.604. The third-order valence-electron chi connectivity index (χ3n) is 3.41. The average Bonchev–Trinajstić information content (AvgIpc) is 2.55. The number of nitrogens with one attached hydrogen (secondary N) is 1. The van der Waals surface area contributed by atoms with Gasteiger partial charge in [-0.05, 0) is 37.4 Å². The van der Waals surface area contributed by atoms with Crippen LogP contribution in [0.3, 0.4) is 0 Å². The number of thiocarbonyl (C=S) groups is 1. The van der Waals surface area contributed by atoms with E-state index in [-0.39, 0.29) is 0 Å². The first-order valence-electron chi connectivity index (χ1n) is 6.79. The molecule has 0 aromatic carbocycles. The van der Waals surface area contributed by atoms with Crippen molar-refractivity contribution < 1.29 is 4.74 Å². The molecule has 1 atom stereocenters. The molecular weight excluding hydrogens is 232 g/mol. The zero-order chi connectivity index (χ0) is 12.5. The minimum Gasteiger partial charge on any atom is -0.383 e. The van der Waals surface area contributed by atoms with Gasteiger partial charge >= 0.3 is 0 Å². The summed E-state index contributed by atoms with van der Waals surface area (Å²) in [5.74, 6) is 0.909. The van der Waals surface area contributed by atoms with Gasteiger partial charge in [-0.3, -0.25) is 0 Å². The highest BCUT2D eigenvalue weighted by molar-refractivity contribution is 7.80.